The first-order valence-corrected chi connectivity index (χ1v) is 36.0. The van der Waals surface area contributed by atoms with Gasteiger partial charge in [-0.05, 0) is 167 Å². The summed E-state index contributed by atoms with van der Waals surface area (Å²) < 4.78 is 0. The molecular weight excluding hydrogens is 1240 g/mol. The summed E-state index contributed by atoms with van der Waals surface area (Å²) in [5, 5.41) is 4.55. The number of fused-ring (bicyclic) bond motifs is 10. The van der Waals surface area contributed by atoms with Crippen LogP contribution in [0.4, 0.5) is 0 Å². The van der Waals surface area contributed by atoms with E-state index in [4.69, 9.17) is 29.9 Å². The van der Waals surface area contributed by atoms with Gasteiger partial charge in [-0.3, -0.25) is 0 Å². The fraction of sp³-hybridized carbons (Fsp3) is 0.104. The van der Waals surface area contributed by atoms with Gasteiger partial charge in [-0.2, -0.15) is 0 Å². The van der Waals surface area contributed by atoms with E-state index in [0.717, 1.165) is 89.0 Å². The molecule has 0 aliphatic heterocycles. The quantitative estimate of drug-likeness (QED) is 0.121. The zero-order chi connectivity index (χ0) is 67.0. The second kappa shape index (κ2) is 23.1. The topological polar surface area (TPSA) is 77.3 Å². The first-order valence-electron chi connectivity index (χ1n) is 36.0. The van der Waals surface area contributed by atoms with Gasteiger partial charge in [-0.15, -0.1) is 0 Å². The number of nitrogens with zero attached hydrogens (tertiary/aromatic N) is 6. The highest BCUT2D eigenvalue weighted by molar-refractivity contribution is 6.08. The van der Waals surface area contributed by atoms with E-state index in [1.807, 2.05) is 0 Å². The van der Waals surface area contributed by atoms with Crippen LogP contribution < -0.4 is 0 Å². The number of benzene rings is 14. The first kappa shape index (κ1) is 58.6. The number of aromatic nitrogens is 6. The van der Waals surface area contributed by atoms with Crippen molar-refractivity contribution in [1.29, 1.82) is 0 Å². The molecular formula is C96H66N6. The molecule has 5 aliphatic rings. The lowest BCUT2D eigenvalue weighted by atomic mass is 9.27. The van der Waals surface area contributed by atoms with Gasteiger partial charge >= 0.3 is 0 Å². The predicted octanol–water partition coefficient (Wildman–Crippen LogP) is 23.7. The summed E-state index contributed by atoms with van der Waals surface area (Å²) >= 11 is 0. The highest BCUT2D eigenvalue weighted by Crippen LogP contribution is 2.89. The minimum absolute atomic E-state index is 0.114. The van der Waals surface area contributed by atoms with E-state index in [-0.39, 0.29) is 5.41 Å². The molecule has 4 saturated carbocycles. The summed E-state index contributed by atoms with van der Waals surface area (Å²) in [6, 6.07) is 119. The molecule has 14 aromatic carbocycles. The van der Waals surface area contributed by atoms with Crippen LogP contribution in [-0.4, -0.2) is 29.9 Å². The molecule has 102 heavy (non-hydrogen) atoms. The van der Waals surface area contributed by atoms with Crippen molar-refractivity contribution in [2.24, 2.45) is 29.1 Å². The maximum absolute atomic E-state index is 5.45. The van der Waals surface area contributed by atoms with E-state index in [9.17, 15) is 0 Å². The van der Waals surface area contributed by atoms with Crippen molar-refractivity contribution in [3.63, 3.8) is 0 Å². The van der Waals surface area contributed by atoms with Crippen molar-refractivity contribution >= 4 is 21.5 Å². The fourth-order valence-corrected chi connectivity index (χ4v) is 19.5. The van der Waals surface area contributed by atoms with Crippen LogP contribution >= 0.6 is 0 Å². The number of hydrogen-bond acceptors (Lipinski definition) is 6. The number of rotatable bonds is 12. The van der Waals surface area contributed by atoms with Gasteiger partial charge in [0.1, 0.15) is 0 Å². The summed E-state index contributed by atoms with van der Waals surface area (Å²) in [4.78, 5) is 32.4. The second-order valence-corrected chi connectivity index (χ2v) is 28.9. The van der Waals surface area contributed by atoms with Crippen LogP contribution in [0.3, 0.4) is 0 Å². The summed E-state index contributed by atoms with van der Waals surface area (Å²) in [6.45, 7) is 0. The van der Waals surface area contributed by atoms with Gasteiger partial charge in [0.15, 0.2) is 34.9 Å². The maximum Gasteiger partial charge on any atom is 0.164 e. The Kier molecular flexibility index (Phi) is 13.3. The molecule has 2 heterocycles. The maximum atomic E-state index is 5.45. The molecule has 4 fully saturated rings. The lowest BCUT2D eigenvalue weighted by molar-refractivity contribution is -0.231. The molecule has 0 radical (unpaired) electrons. The van der Waals surface area contributed by atoms with Gasteiger partial charge in [0, 0.05) is 49.6 Å². The van der Waals surface area contributed by atoms with Crippen LogP contribution in [0.1, 0.15) is 36.8 Å². The fourth-order valence-electron chi connectivity index (χ4n) is 19.5. The van der Waals surface area contributed by atoms with E-state index in [1.165, 1.54) is 92.4 Å². The monoisotopic (exact) mass is 1300 g/mol. The van der Waals surface area contributed by atoms with E-state index < -0.39 is 0 Å². The summed E-state index contributed by atoms with van der Waals surface area (Å²) in [6.07, 6.45) is 5.36. The minimum Gasteiger partial charge on any atom is -0.208 e. The Balaban J connectivity index is 0.693. The van der Waals surface area contributed by atoms with Crippen LogP contribution in [0.25, 0.3) is 168 Å². The molecule has 21 rings (SSSR count). The Morgan fingerprint density at radius 1 is 0.225 bits per heavy atom. The van der Waals surface area contributed by atoms with Gasteiger partial charge in [-0.25, -0.2) is 29.9 Å². The zero-order valence-corrected chi connectivity index (χ0v) is 56.0. The molecule has 6 nitrogen and oxygen atoms in total. The van der Waals surface area contributed by atoms with Crippen molar-refractivity contribution in [1.82, 2.24) is 29.9 Å². The van der Waals surface area contributed by atoms with Gasteiger partial charge in [0.05, 0.1) is 0 Å². The van der Waals surface area contributed by atoms with Gasteiger partial charge in [-0.1, -0.05) is 315 Å². The van der Waals surface area contributed by atoms with Crippen molar-refractivity contribution in [2.45, 2.75) is 31.1 Å². The van der Waals surface area contributed by atoms with Gasteiger partial charge in [0.25, 0.3) is 0 Å². The smallest absolute Gasteiger partial charge is 0.164 e. The number of hydrogen-bond donors (Lipinski definition) is 0. The molecule has 5 atom stereocenters. The van der Waals surface area contributed by atoms with Crippen LogP contribution in [-0.2, 0) is 5.41 Å². The third kappa shape index (κ3) is 9.11. The highest BCUT2D eigenvalue weighted by atomic mass is 15.0. The van der Waals surface area contributed by atoms with Crippen molar-refractivity contribution in [3.05, 3.63) is 339 Å². The Labute approximate surface area is 592 Å². The Morgan fingerprint density at radius 2 is 0.520 bits per heavy atom. The molecule has 5 aliphatic carbocycles. The molecule has 2 aromatic heterocycles. The summed E-state index contributed by atoms with van der Waals surface area (Å²) in [5.41, 5.74) is 25.8. The van der Waals surface area contributed by atoms with Crippen LogP contribution in [0.2, 0.25) is 0 Å². The van der Waals surface area contributed by atoms with E-state index >= 15 is 0 Å². The SMILES string of the molecule is c1ccc(-c2ccc(-c3nc(-c4ccc(-c5ccccc5)cc4)nc(-c4cccc5cccc(-c6ccc7c(c6)C6(c8cc(-c9cccc%10cccc(-c%11nc(-c%12ccc(-c%13ccccc%13)cc%12)nc(-c%12ccc(-c%13ccccc%13)cc%12)n%11)c9%10)ccc8-7)C7CC8CC9CC6C97C8)c45)n3)cc2)cc1. The molecule has 480 valence electrons. The van der Waals surface area contributed by atoms with E-state index in [2.05, 4.69) is 328 Å². The van der Waals surface area contributed by atoms with E-state index in [1.54, 1.807) is 0 Å². The largest absolute Gasteiger partial charge is 0.208 e. The molecule has 2 bridgehead atoms. The van der Waals surface area contributed by atoms with Crippen molar-refractivity contribution in [3.8, 4) is 146 Å². The lowest BCUT2D eigenvalue weighted by Gasteiger charge is -2.76. The van der Waals surface area contributed by atoms with Crippen LogP contribution in [0.15, 0.2) is 328 Å². The first-order chi connectivity index (χ1) is 50.5. The Morgan fingerprint density at radius 3 is 0.863 bits per heavy atom. The Bertz CT molecular complexity index is 5440. The normalized spacial score (nSPS) is 18.4. The lowest BCUT2D eigenvalue weighted by Crippen LogP contribution is -2.73. The zero-order valence-electron chi connectivity index (χ0n) is 56.0. The molecule has 2 spiro atoms. The average Bonchev–Trinajstić information content (AvgIpc) is 1.42. The van der Waals surface area contributed by atoms with Gasteiger partial charge < -0.3 is 0 Å². The van der Waals surface area contributed by atoms with Crippen LogP contribution in [0.5, 0.6) is 0 Å². The van der Waals surface area contributed by atoms with Gasteiger partial charge in [0.2, 0.25) is 0 Å². The predicted molar refractivity (Wildman–Crippen MR) is 415 cm³/mol. The summed E-state index contributed by atoms with van der Waals surface area (Å²) in [5.74, 6) is 6.60. The second-order valence-electron chi connectivity index (χ2n) is 28.9. The minimum atomic E-state index is -0.114. The molecule has 6 heteroatoms. The Hall–Kier alpha value is -12.4. The molecule has 5 unspecified atom stereocenters. The average molecular weight is 1300 g/mol. The molecule has 0 saturated heterocycles. The van der Waals surface area contributed by atoms with Crippen LogP contribution in [0, 0.1) is 29.1 Å². The standard InChI is InChI=1S/C96H66N6/c1-5-17-60(18-6-1)64-33-41-70(42-34-64)89-97-90(71-43-35-65(36-44-71)61-19-7-2-8-20-61)100-93(99-89)81-31-15-27-68-25-13-29-77(87(68)81)74-49-51-79-80-52-50-75(56-84(80)96(83(79)55-74)85-54-59-53-76-57-86(96)95(76,85)58-59)78-30-14-26-69-28-16-32-82(88(69)78)94-101-91(72-45-37-66(38-46-72)62-21-9-3-10-22-62)98-92(102-94)73-47-39-67(40-48-73)63-23-11-4-12-24-63/h1-52,55-56,59,76,85-86H,53-54,57-58H2. The van der Waals surface area contributed by atoms with Crippen molar-refractivity contribution < 1.29 is 0 Å². The molecule has 0 amide bonds. The molecule has 0 N–H and O–H groups in total. The third-order valence-electron chi connectivity index (χ3n) is 23.9. The summed E-state index contributed by atoms with van der Waals surface area (Å²) in [7, 11) is 0. The highest BCUT2D eigenvalue weighted by Gasteiger charge is 2.84. The third-order valence-corrected chi connectivity index (χ3v) is 23.9. The van der Waals surface area contributed by atoms with Crippen molar-refractivity contribution in [2.75, 3.05) is 0 Å². The van der Waals surface area contributed by atoms with E-state index in [0.29, 0.717) is 52.2 Å². The molecule has 16 aromatic rings.